The molecule has 3 rings (SSSR count). The number of rotatable bonds is 5. The summed E-state index contributed by atoms with van der Waals surface area (Å²) in [6.45, 7) is 0. The topological polar surface area (TPSA) is 0 Å². The Labute approximate surface area is 155 Å². The second-order valence-electron chi connectivity index (χ2n) is 6.70. The Balaban J connectivity index is 0.00000176. The zero-order chi connectivity index (χ0) is 14.3. The smallest absolute Gasteiger partial charge is 0.00830 e. The monoisotopic (exact) mass is 426 g/mol. The van der Waals surface area contributed by atoms with Gasteiger partial charge in [0, 0.05) is 31.7 Å². The first-order chi connectivity index (χ1) is 10.4. The van der Waals surface area contributed by atoms with E-state index < -0.39 is 0 Å². The van der Waals surface area contributed by atoms with Crippen molar-refractivity contribution in [3.8, 4) is 0 Å². The molecule has 1 aromatic rings. The molecule has 0 nitrogen and oxygen atoms in total. The van der Waals surface area contributed by atoms with E-state index in [4.69, 9.17) is 0 Å². The Morgan fingerprint density at radius 3 is 2.05 bits per heavy atom. The van der Waals surface area contributed by atoms with E-state index in [9.17, 15) is 0 Å². The van der Waals surface area contributed by atoms with Crippen LogP contribution in [0.1, 0.15) is 69.1 Å². The molecule has 0 amide bonds. The zero-order valence-corrected chi connectivity index (χ0v) is 16.8. The molecule has 0 radical (unpaired) electrons. The summed E-state index contributed by atoms with van der Waals surface area (Å²) in [5, 5.41) is 2.20. The number of thiophene rings is 1. The third-order valence-electron chi connectivity index (χ3n) is 5.17. The van der Waals surface area contributed by atoms with Gasteiger partial charge in [-0.15, -0.1) is 11.3 Å². The molecule has 0 aliphatic heterocycles. The van der Waals surface area contributed by atoms with Gasteiger partial charge in [0.2, 0.25) is 0 Å². The van der Waals surface area contributed by atoms with Crippen LogP contribution >= 0.6 is 19.3 Å². The quantitative estimate of drug-likeness (QED) is 0.353. The molecule has 0 atom stereocenters. The van der Waals surface area contributed by atoms with Gasteiger partial charge in [-0.05, 0) is 48.4 Å². The van der Waals surface area contributed by atoms with Crippen molar-refractivity contribution in [2.75, 3.05) is 0 Å². The fraction of sp³-hybridized carbons (Fsp3) is 0.684. The summed E-state index contributed by atoms with van der Waals surface area (Å²) in [5.41, 5.74) is 2.10. The molecule has 0 unspecified atom stereocenters. The van der Waals surface area contributed by atoms with Crippen molar-refractivity contribution < 1.29 is 20.4 Å². The van der Waals surface area contributed by atoms with E-state index in [-0.39, 0.29) is 28.3 Å². The molecule has 2 saturated carbocycles. The molecule has 0 spiro atoms. The van der Waals surface area contributed by atoms with Crippen LogP contribution < -0.4 is 0 Å². The van der Waals surface area contributed by atoms with E-state index in [2.05, 4.69) is 29.4 Å². The Kier molecular flexibility index (Phi) is 8.92. The van der Waals surface area contributed by atoms with Crippen molar-refractivity contribution >= 4 is 19.3 Å². The van der Waals surface area contributed by atoms with Gasteiger partial charge in [0.25, 0.3) is 0 Å². The van der Waals surface area contributed by atoms with Crippen LogP contribution in [0.4, 0.5) is 0 Å². The molecule has 0 aromatic carbocycles. The van der Waals surface area contributed by atoms with E-state index in [0.29, 0.717) is 0 Å². The maximum atomic E-state index is 2.70. The molecule has 1 aromatic heterocycles. The molecule has 2 aliphatic rings. The molecule has 3 heteroatoms. The minimum Gasteiger partial charge on any atom is -0.149 e. The van der Waals surface area contributed by atoms with Crippen molar-refractivity contribution in [3.05, 3.63) is 34.3 Å². The molecule has 2 aliphatic carbocycles. The Morgan fingerprint density at radius 2 is 1.55 bits per heavy atom. The van der Waals surface area contributed by atoms with Crippen LogP contribution in [0.5, 0.6) is 0 Å². The molecule has 1 heterocycles. The predicted octanol–water partition coefficient (Wildman–Crippen LogP) is 6.95. The molecule has 126 valence electrons. The third kappa shape index (κ3) is 5.56. The van der Waals surface area contributed by atoms with Crippen LogP contribution in [-0.2, 0) is 26.8 Å². The average molecular weight is 427 g/mol. The molecule has 0 N–H and O–H groups in total. The van der Waals surface area contributed by atoms with Gasteiger partial charge < -0.3 is 0 Å². The molecular weight excluding hydrogens is 398 g/mol. The summed E-state index contributed by atoms with van der Waals surface area (Å²) in [4.78, 5) is 1.52. The summed E-state index contributed by atoms with van der Waals surface area (Å²) < 4.78 is 0. The van der Waals surface area contributed by atoms with Crippen molar-refractivity contribution in [1.29, 1.82) is 0 Å². The van der Waals surface area contributed by atoms with Gasteiger partial charge in [0.15, 0.2) is 0 Å². The van der Waals surface area contributed by atoms with Gasteiger partial charge in [0.05, 0.1) is 0 Å². The number of allylic oxidation sites excluding steroid dienone is 1. The van der Waals surface area contributed by atoms with Crippen LogP contribution in [0.3, 0.4) is 0 Å². The number of hydrogen-bond donors (Lipinski definition) is 0. The zero-order valence-electron chi connectivity index (χ0n) is 13.5. The Morgan fingerprint density at radius 1 is 0.955 bits per heavy atom. The van der Waals surface area contributed by atoms with Gasteiger partial charge >= 0.3 is 0 Å². The molecule has 22 heavy (non-hydrogen) atoms. The van der Waals surface area contributed by atoms with E-state index in [1.54, 1.807) is 0 Å². The van der Waals surface area contributed by atoms with Crippen molar-refractivity contribution in [2.45, 2.75) is 81.9 Å². The van der Waals surface area contributed by atoms with E-state index in [1.165, 1.54) is 69.1 Å². The first kappa shape index (κ1) is 18.9. The van der Waals surface area contributed by atoms with E-state index in [1.807, 2.05) is 11.3 Å². The van der Waals surface area contributed by atoms with Crippen LogP contribution in [-0.4, -0.2) is 11.3 Å². The van der Waals surface area contributed by atoms with Gasteiger partial charge in [-0.25, -0.2) is 0 Å². The first-order valence-corrected chi connectivity index (χ1v) is 11.3. The molecule has 0 saturated heterocycles. The Hall–Kier alpha value is 0.532. The van der Waals surface area contributed by atoms with E-state index >= 15 is 0 Å². The van der Waals surface area contributed by atoms with Crippen molar-refractivity contribution in [2.24, 2.45) is 0 Å². The van der Waals surface area contributed by atoms with Crippen LogP contribution in [0.2, 0.25) is 0 Å². The predicted molar refractivity (Wildman–Crippen MR) is 97.8 cm³/mol. The normalized spacial score (nSPS) is 21.3. The maximum Gasteiger partial charge on any atom is 0.00830 e. The van der Waals surface area contributed by atoms with Gasteiger partial charge in [-0.2, -0.15) is 0 Å². The van der Waals surface area contributed by atoms with Crippen LogP contribution in [0, 0.1) is 0 Å². The number of hydrogen-bond acceptors (Lipinski definition) is 1. The minimum atomic E-state index is 0. The summed E-state index contributed by atoms with van der Waals surface area (Å²) in [6, 6.07) is 4.46. The third-order valence-corrected chi connectivity index (χ3v) is 9.34. The van der Waals surface area contributed by atoms with Crippen molar-refractivity contribution in [3.63, 3.8) is 0 Å². The molecular formula is C19H29PPdS. The van der Waals surface area contributed by atoms with Gasteiger partial charge in [0.1, 0.15) is 0 Å². The summed E-state index contributed by atoms with van der Waals surface area (Å²) in [7, 11) is 0.145. The summed E-state index contributed by atoms with van der Waals surface area (Å²) in [6.07, 6.45) is 18.7. The molecule has 2 fully saturated rings. The second kappa shape index (κ2) is 10.4. The fourth-order valence-electron chi connectivity index (χ4n) is 4.02. The minimum absolute atomic E-state index is 0. The Bertz CT molecular complexity index is 399. The maximum absolute atomic E-state index is 2.70. The van der Waals surface area contributed by atoms with Gasteiger partial charge in [-0.1, -0.05) is 64.4 Å². The second-order valence-corrected chi connectivity index (χ2v) is 10.4. The standard InChI is InChI=1S/C19H29PS.Pd/c1-3-9-17(10-4-1)20(18-11-5-2-6-12-18)15-7-13-19-14-8-16-21-19;/h7-8,14-18H,1-6,9-13H2;. The SMILES string of the molecule is C(=CP(C1CCCCC1)C1CCCCC1)Cc1cccs1.[Pd]. The summed E-state index contributed by atoms with van der Waals surface area (Å²) in [5.74, 6) is 2.70. The first-order valence-electron chi connectivity index (χ1n) is 8.90. The van der Waals surface area contributed by atoms with Crippen LogP contribution in [0.15, 0.2) is 29.4 Å². The van der Waals surface area contributed by atoms with Crippen LogP contribution in [0.25, 0.3) is 0 Å². The molecule has 0 bridgehead atoms. The fourth-order valence-corrected chi connectivity index (χ4v) is 8.06. The summed E-state index contributed by atoms with van der Waals surface area (Å²) >= 11 is 1.90. The van der Waals surface area contributed by atoms with Gasteiger partial charge in [-0.3, -0.25) is 0 Å². The van der Waals surface area contributed by atoms with E-state index in [0.717, 1.165) is 17.7 Å². The average Bonchev–Trinajstić information content (AvgIpc) is 3.07. The largest absolute Gasteiger partial charge is 0.149 e. The van der Waals surface area contributed by atoms with Crippen molar-refractivity contribution in [1.82, 2.24) is 0 Å².